The van der Waals surface area contributed by atoms with Gasteiger partial charge in [0.2, 0.25) is 0 Å². The average molecular weight is 389 g/mol. The molecule has 0 unspecified atom stereocenters. The minimum atomic E-state index is 0.279. The van der Waals surface area contributed by atoms with Crippen LogP contribution in [0.25, 0.3) is 0 Å². The van der Waals surface area contributed by atoms with E-state index in [4.69, 9.17) is 12.2 Å². The Kier molecular flexibility index (Phi) is 18.3. The zero-order valence-corrected chi connectivity index (χ0v) is 18.4. The molecule has 0 heterocycles. The normalized spacial score (nSPS) is 10.7. The quantitative estimate of drug-likeness (QED) is 0.268. The van der Waals surface area contributed by atoms with E-state index in [0.717, 1.165) is 36.9 Å². The van der Waals surface area contributed by atoms with Gasteiger partial charge in [0, 0.05) is 26.1 Å². The zero-order valence-electron chi connectivity index (χ0n) is 16.8. The minimum absolute atomic E-state index is 0.279. The van der Waals surface area contributed by atoms with Gasteiger partial charge in [-0.3, -0.25) is 4.79 Å². The summed E-state index contributed by atoms with van der Waals surface area (Å²) in [6, 6.07) is 0. The van der Waals surface area contributed by atoms with E-state index in [1.165, 1.54) is 69.5 Å². The fourth-order valence-corrected chi connectivity index (χ4v) is 3.56. The van der Waals surface area contributed by atoms with E-state index >= 15 is 0 Å². The summed E-state index contributed by atoms with van der Waals surface area (Å²) < 4.78 is 0. The van der Waals surface area contributed by atoms with Crippen molar-refractivity contribution in [1.82, 2.24) is 10.2 Å². The van der Waals surface area contributed by atoms with Gasteiger partial charge in [0.1, 0.15) is 0 Å². The van der Waals surface area contributed by atoms with Crippen LogP contribution in [-0.4, -0.2) is 40.5 Å². The first kappa shape index (κ1) is 24.7. The summed E-state index contributed by atoms with van der Waals surface area (Å²) in [6.45, 7) is 9.18. The molecule has 0 aliphatic rings. The number of nitrogens with zero attached hydrogens (tertiary/aromatic N) is 1. The van der Waals surface area contributed by atoms with Gasteiger partial charge < -0.3 is 10.2 Å². The van der Waals surface area contributed by atoms with Crippen molar-refractivity contribution in [3.8, 4) is 0 Å². The predicted octanol–water partition coefficient (Wildman–Crippen LogP) is 5.77. The van der Waals surface area contributed by atoms with Crippen LogP contribution in [0.5, 0.6) is 0 Å². The van der Waals surface area contributed by atoms with E-state index in [9.17, 15) is 4.79 Å². The molecule has 0 aromatic carbocycles. The number of thioether (sulfide) groups is 1. The molecule has 25 heavy (non-hydrogen) atoms. The summed E-state index contributed by atoms with van der Waals surface area (Å²) in [6.07, 6.45) is 13.2. The Balaban J connectivity index is 4.14. The second-order valence-electron chi connectivity index (χ2n) is 6.60. The average Bonchev–Trinajstić information content (AvgIpc) is 2.60. The molecule has 148 valence electrons. The maximum Gasteiger partial charge on any atom is 0.190 e. The van der Waals surface area contributed by atoms with Crippen LogP contribution in [0.15, 0.2) is 0 Å². The molecule has 5 heteroatoms. The van der Waals surface area contributed by atoms with Gasteiger partial charge >= 0.3 is 0 Å². The smallest absolute Gasteiger partial charge is 0.190 e. The van der Waals surface area contributed by atoms with E-state index < -0.39 is 0 Å². The summed E-state index contributed by atoms with van der Waals surface area (Å²) in [4.78, 5) is 14.0. The van der Waals surface area contributed by atoms with Gasteiger partial charge in [-0.15, -0.1) is 0 Å². The van der Waals surface area contributed by atoms with Crippen LogP contribution < -0.4 is 5.32 Å². The molecule has 0 atom stereocenters. The lowest BCUT2D eigenvalue weighted by atomic mass is 10.1. The molecule has 0 saturated heterocycles. The summed E-state index contributed by atoms with van der Waals surface area (Å²) >= 11 is 7.01. The highest BCUT2D eigenvalue weighted by atomic mass is 32.2. The predicted molar refractivity (Wildman–Crippen MR) is 117 cm³/mol. The van der Waals surface area contributed by atoms with Crippen LogP contribution in [0.2, 0.25) is 0 Å². The van der Waals surface area contributed by atoms with Crippen LogP contribution in [0.4, 0.5) is 0 Å². The number of hydrogen-bond donors (Lipinski definition) is 1. The third-order valence-corrected chi connectivity index (χ3v) is 5.48. The SMILES string of the molecule is CCCCCCCNC(=S)N(CCCCCCC)CCC(=O)SCC. The van der Waals surface area contributed by atoms with Crippen molar-refractivity contribution >= 4 is 34.2 Å². The van der Waals surface area contributed by atoms with Gasteiger partial charge in [0.15, 0.2) is 10.2 Å². The first-order chi connectivity index (χ1) is 12.2. The van der Waals surface area contributed by atoms with Crippen LogP contribution in [0, 0.1) is 0 Å². The third kappa shape index (κ3) is 15.7. The number of carbonyl (C=O) groups excluding carboxylic acids is 1. The number of rotatable bonds is 16. The number of unbranched alkanes of at least 4 members (excludes halogenated alkanes) is 8. The van der Waals surface area contributed by atoms with Crippen molar-refractivity contribution in [3.05, 3.63) is 0 Å². The topological polar surface area (TPSA) is 32.3 Å². The molecule has 0 rings (SSSR count). The molecule has 0 bridgehead atoms. The zero-order chi connectivity index (χ0) is 18.8. The van der Waals surface area contributed by atoms with Crippen LogP contribution in [0.3, 0.4) is 0 Å². The number of nitrogens with one attached hydrogen (secondary N) is 1. The largest absolute Gasteiger partial charge is 0.363 e. The van der Waals surface area contributed by atoms with Gasteiger partial charge in [-0.05, 0) is 30.8 Å². The first-order valence-electron chi connectivity index (χ1n) is 10.3. The van der Waals surface area contributed by atoms with E-state index in [0.29, 0.717) is 6.42 Å². The lowest BCUT2D eigenvalue weighted by Crippen LogP contribution is -2.41. The maximum atomic E-state index is 11.8. The Morgan fingerprint density at radius 3 is 2.08 bits per heavy atom. The number of hydrogen-bond acceptors (Lipinski definition) is 3. The summed E-state index contributed by atoms with van der Waals surface area (Å²) in [5.74, 6) is 0.857. The molecule has 0 aliphatic heterocycles. The Labute approximate surface area is 166 Å². The van der Waals surface area contributed by atoms with Crippen molar-refractivity contribution in [2.24, 2.45) is 0 Å². The molecule has 0 radical (unpaired) electrons. The highest BCUT2D eigenvalue weighted by Crippen LogP contribution is 2.09. The Hall–Kier alpha value is -0.290. The molecule has 0 aromatic heterocycles. The van der Waals surface area contributed by atoms with Gasteiger partial charge in [-0.1, -0.05) is 83.9 Å². The molecule has 3 nitrogen and oxygen atoms in total. The lowest BCUT2D eigenvalue weighted by Gasteiger charge is -2.25. The van der Waals surface area contributed by atoms with Crippen LogP contribution in [0.1, 0.15) is 91.4 Å². The molecule has 0 fully saturated rings. The molecule has 0 saturated carbocycles. The monoisotopic (exact) mass is 388 g/mol. The maximum absolute atomic E-state index is 11.8. The number of carbonyl (C=O) groups is 1. The highest BCUT2D eigenvalue weighted by Gasteiger charge is 2.11. The molecule has 0 aromatic rings. The van der Waals surface area contributed by atoms with Crippen molar-refractivity contribution in [1.29, 1.82) is 0 Å². The van der Waals surface area contributed by atoms with Crippen molar-refractivity contribution in [2.45, 2.75) is 91.4 Å². The number of thiocarbonyl (C=S) groups is 1. The molecular formula is C20H40N2OS2. The Bertz CT molecular complexity index is 338. The molecule has 0 aliphatic carbocycles. The lowest BCUT2D eigenvalue weighted by molar-refractivity contribution is -0.111. The van der Waals surface area contributed by atoms with Gasteiger partial charge in [0.25, 0.3) is 0 Å². The Morgan fingerprint density at radius 1 is 0.880 bits per heavy atom. The highest BCUT2D eigenvalue weighted by molar-refractivity contribution is 8.13. The van der Waals surface area contributed by atoms with Crippen LogP contribution >= 0.6 is 24.0 Å². The van der Waals surface area contributed by atoms with Gasteiger partial charge in [-0.25, -0.2) is 0 Å². The molecule has 1 N–H and O–H groups in total. The van der Waals surface area contributed by atoms with E-state index in [-0.39, 0.29) is 5.12 Å². The molecule has 0 amide bonds. The Morgan fingerprint density at radius 2 is 1.48 bits per heavy atom. The summed E-state index contributed by atoms with van der Waals surface area (Å²) in [5.41, 5.74) is 0. The second kappa shape index (κ2) is 18.5. The van der Waals surface area contributed by atoms with Crippen LogP contribution in [-0.2, 0) is 4.79 Å². The van der Waals surface area contributed by atoms with E-state index in [2.05, 4.69) is 24.1 Å². The van der Waals surface area contributed by atoms with Gasteiger partial charge in [0.05, 0.1) is 0 Å². The second-order valence-corrected chi connectivity index (χ2v) is 8.31. The fourth-order valence-electron chi connectivity index (χ4n) is 2.72. The standard InChI is InChI=1S/C20H40N2OS2/c1-4-7-9-11-13-16-21-20(24)22(17-14-12-10-8-5-2)18-15-19(23)25-6-3/h4-18H2,1-3H3,(H,21,24). The molecule has 0 spiro atoms. The first-order valence-corrected chi connectivity index (χ1v) is 11.7. The van der Waals surface area contributed by atoms with Crippen molar-refractivity contribution in [2.75, 3.05) is 25.4 Å². The van der Waals surface area contributed by atoms with E-state index in [1.54, 1.807) is 0 Å². The van der Waals surface area contributed by atoms with Crippen molar-refractivity contribution in [3.63, 3.8) is 0 Å². The third-order valence-electron chi connectivity index (χ3n) is 4.27. The van der Waals surface area contributed by atoms with Gasteiger partial charge in [-0.2, -0.15) is 0 Å². The summed E-state index contributed by atoms with van der Waals surface area (Å²) in [7, 11) is 0. The van der Waals surface area contributed by atoms with E-state index in [1.807, 2.05) is 6.92 Å². The fraction of sp³-hybridized carbons (Fsp3) is 0.900. The summed E-state index contributed by atoms with van der Waals surface area (Å²) in [5, 5.41) is 4.52. The minimum Gasteiger partial charge on any atom is -0.363 e. The molecular weight excluding hydrogens is 348 g/mol. The van der Waals surface area contributed by atoms with Crippen molar-refractivity contribution < 1.29 is 4.79 Å².